The zero-order chi connectivity index (χ0) is 13.1. The van der Waals surface area contributed by atoms with Gasteiger partial charge in [-0.05, 0) is 17.7 Å². The van der Waals surface area contributed by atoms with Gasteiger partial charge < -0.3 is 10.5 Å². The first kappa shape index (κ1) is 13.7. The lowest BCUT2D eigenvalue weighted by molar-refractivity contribution is -0.148. The molecule has 1 aromatic rings. The van der Waals surface area contributed by atoms with E-state index in [9.17, 15) is 22.0 Å². The smallest absolute Gasteiger partial charge is 0.396 e. The lowest BCUT2D eigenvalue weighted by Gasteiger charge is -2.19. The summed E-state index contributed by atoms with van der Waals surface area (Å²) in [6.45, 7) is -3.60. The summed E-state index contributed by atoms with van der Waals surface area (Å²) in [5.74, 6) is -2.00. The third kappa shape index (κ3) is 3.85. The second-order valence-corrected chi connectivity index (χ2v) is 3.28. The van der Waals surface area contributed by atoms with E-state index in [1.165, 1.54) is 0 Å². The molecule has 0 saturated carbocycles. The minimum atomic E-state index is -4.46. The van der Waals surface area contributed by atoms with Crippen LogP contribution in [-0.2, 0) is 0 Å². The molecular weight excluding hydrogens is 245 g/mol. The van der Waals surface area contributed by atoms with E-state index < -0.39 is 25.3 Å². The summed E-state index contributed by atoms with van der Waals surface area (Å²) in [6.07, 6.45) is -4.46. The Hall–Kier alpha value is -1.37. The van der Waals surface area contributed by atoms with Gasteiger partial charge in [-0.1, -0.05) is 12.1 Å². The predicted molar refractivity (Wildman–Crippen MR) is 50.9 cm³/mol. The van der Waals surface area contributed by atoms with Crippen LogP contribution in [0.1, 0.15) is 11.5 Å². The number of rotatable bonds is 4. The number of hydrogen-bond donors (Lipinski definition) is 1. The molecule has 0 heterocycles. The van der Waals surface area contributed by atoms with Gasteiger partial charge in [0.25, 0.3) is 0 Å². The van der Waals surface area contributed by atoms with Crippen molar-refractivity contribution in [1.29, 1.82) is 0 Å². The Kier molecular flexibility index (Phi) is 4.28. The molecule has 1 atom stereocenters. The van der Waals surface area contributed by atoms with Crippen LogP contribution in [0.2, 0.25) is 0 Å². The van der Waals surface area contributed by atoms with Crippen molar-refractivity contribution in [2.24, 2.45) is 5.73 Å². The summed E-state index contributed by atoms with van der Waals surface area (Å²) in [5.41, 5.74) is 4.96. The zero-order valence-corrected chi connectivity index (χ0v) is 8.55. The molecule has 0 amide bonds. The first-order valence-electron chi connectivity index (χ1n) is 4.66. The van der Waals surface area contributed by atoms with Gasteiger partial charge in [0.1, 0.15) is 5.75 Å². The van der Waals surface area contributed by atoms with Gasteiger partial charge in [-0.15, -0.1) is 0 Å². The number of halogens is 5. The molecule has 0 aliphatic carbocycles. The molecule has 1 rings (SSSR count). The van der Waals surface area contributed by atoms with Gasteiger partial charge in [0, 0.05) is 6.54 Å². The summed E-state index contributed by atoms with van der Waals surface area (Å²) >= 11 is 0. The van der Waals surface area contributed by atoms with Crippen molar-refractivity contribution in [2.45, 2.75) is 18.7 Å². The molecule has 1 unspecified atom stereocenters. The van der Waals surface area contributed by atoms with E-state index in [0.29, 0.717) is 0 Å². The van der Waals surface area contributed by atoms with Gasteiger partial charge in [-0.3, -0.25) is 0 Å². The van der Waals surface area contributed by atoms with Crippen LogP contribution in [0.3, 0.4) is 0 Å². The highest BCUT2D eigenvalue weighted by atomic mass is 19.4. The minimum absolute atomic E-state index is 0.0818. The monoisotopic (exact) mass is 255 g/mol. The van der Waals surface area contributed by atoms with E-state index in [2.05, 4.69) is 4.74 Å². The van der Waals surface area contributed by atoms with Crippen molar-refractivity contribution in [3.05, 3.63) is 29.8 Å². The van der Waals surface area contributed by atoms with Crippen LogP contribution in [0.5, 0.6) is 5.75 Å². The minimum Gasteiger partial charge on any atom is -0.435 e. The maximum atomic E-state index is 12.5. The number of nitrogens with two attached hydrogens (primary N) is 1. The lowest BCUT2D eigenvalue weighted by Crippen LogP contribution is -2.27. The fraction of sp³-hybridized carbons (Fsp3) is 0.400. The summed E-state index contributed by atoms with van der Waals surface area (Å²) in [5, 5.41) is 0. The number of benzene rings is 1. The maximum absolute atomic E-state index is 12.5. The van der Waals surface area contributed by atoms with E-state index in [1.54, 1.807) is 0 Å². The molecule has 0 fully saturated rings. The number of alkyl halides is 5. The van der Waals surface area contributed by atoms with Crippen LogP contribution in [0.4, 0.5) is 22.0 Å². The SMILES string of the molecule is NCC(c1ccc(OC(F)F)cc1)C(F)(F)F. The predicted octanol–water partition coefficient (Wildman–Crippen LogP) is 2.89. The Labute approximate surface area is 94.2 Å². The molecular formula is C10H10F5NO. The molecule has 0 aliphatic heterocycles. The normalized spacial score (nSPS) is 13.8. The van der Waals surface area contributed by atoms with Crippen molar-refractivity contribution >= 4 is 0 Å². The van der Waals surface area contributed by atoms with Crippen molar-refractivity contribution in [3.63, 3.8) is 0 Å². The molecule has 0 saturated heterocycles. The summed E-state index contributed by atoms with van der Waals surface area (Å²) in [7, 11) is 0. The number of ether oxygens (including phenoxy) is 1. The molecule has 2 N–H and O–H groups in total. The van der Waals surface area contributed by atoms with Gasteiger partial charge >= 0.3 is 12.8 Å². The van der Waals surface area contributed by atoms with Gasteiger partial charge in [-0.25, -0.2) is 0 Å². The molecule has 1 aromatic carbocycles. The molecule has 17 heavy (non-hydrogen) atoms. The van der Waals surface area contributed by atoms with E-state index >= 15 is 0 Å². The first-order chi connectivity index (χ1) is 7.84. The quantitative estimate of drug-likeness (QED) is 0.839. The molecule has 96 valence electrons. The fourth-order valence-corrected chi connectivity index (χ4v) is 1.34. The molecule has 2 nitrogen and oxygen atoms in total. The first-order valence-corrected chi connectivity index (χ1v) is 4.66. The van der Waals surface area contributed by atoms with E-state index in [1.807, 2.05) is 0 Å². The standard InChI is InChI=1S/C10H10F5NO/c11-9(12)17-7-3-1-6(2-4-7)8(5-16)10(13,14)15/h1-4,8-9H,5,16H2. The zero-order valence-electron chi connectivity index (χ0n) is 8.55. The molecule has 0 aliphatic rings. The van der Waals surface area contributed by atoms with Crippen molar-refractivity contribution in [1.82, 2.24) is 0 Å². The van der Waals surface area contributed by atoms with Gasteiger partial charge in [0.05, 0.1) is 5.92 Å². The second kappa shape index (κ2) is 5.31. The summed E-state index contributed by atoms with van der Waals surface area (Å²) in [6, 6.07) is 4.25. The van der Waals surface area contributed by atoms with Crippen molar-refractivity contribution < 1.29 is 26.7 Å². The molecule has 7 heteroatoms. The molecule has 0 spiro atoms. The van der Waals surface area contributed by atoms with Crippen molar-refractivity contribution in [2.75, 3.05) is 6.54 Å². The van der Waals surface area contributed by atoms with Crippen molar-refractivity contribution in [3.8, 4) is 5.75 Å². The number of hydrogen-bond acceptors (Lipinski definition) is 2. The topological polar surface area (TPSA) is 35.2 Å². The average molecular weight is 255 g/mol. The lowest BCUT2D eigenvalue weighted by atomic mass is 9.99. The van der Waals surface area contributed by atoms with Gasteiger partial charge in [0.2, 0.25) is 0 Å². The Morgan fingerprint density at radius 2 is 1.65 bits per heavy atom. The average Bonchev–Trinajstić information content (AvgIpc) is 2.18. The van der Waals surface area contributed by atoms with Crippen LogP contribution >= 0.6 is 0 Å². The summed E-state index contributed by atoms with van der Waals surface area (Å²) < 4.78 is 65.1. The van der Waals surface area contributed by atoms with E-state index in [-0.39, 0.29) is 11.3 Å². The Morgan fingerprint density at radius 1 is 1.12 bits per heavy atom. The van der Waals surface area contributed by atoms with Crippen LogP contribution in [0.15, 0.2) is 24.3 Å². The van der Waals surface area contributed by atoms with E-state index in [4.69, 9.17) is 5.73 Å². The van der Waals surface area contributed by atoms with Gasteiger partial charge in [-0.2, -0.15) is 22.0 Å². The molecule has 0 bridgehead atoms. The highest BCUT2D eigenvalue weighted by Crippen LogP contribution is 2.34. The van der Waals surface area contributed by atoms with Crippen LogP contribution in [0, 0.1) is 0 Å². The van der Waals surface area contributed by atoms with Crippen LogP contribution < -0.4 is 10.5 Å². The molecule has 0 aromatic heterocycles. The summed E-state index contributed by atoms with van der Waals surface area (Å²) in [4.78, 5) is 0. The Morgan fingerprint density at radius 3 is 2.00 bits per heavy atom. The maximum Gasteiger partial charge on any atom is 0.396 e. The van der Waals surface area contributed by atoms with E-state index in [0.717, 1.165) is 24.3 Å². The van der Waals surface area contributed by atoms with Crippen LogP contribution in [0.25, 0.3) is 0 Å². The fourth-order valence-electron chi connectivity index (χ4n) is 1.34. The molecule has 0 radical (unpaired) electrons. The third-order valence-corrected chi connectivity index (χ3v) is 2.14. The highest BCUT2D eigenvalue weighted by Gasteiger charge is 2.39. The largest absolute Gasteiger partial charge is 0.435 e. The van der Waals surface area contributed by atoms with Crippen LogP contribution in [-0.4, -0.2) is 19.3 Å². The second-order valence-electron chi connectivity index (χ2n) is 3.28. The highest BCUT2D eigenvalue weighted by molar-refractivity contribution is 5.30. The Balaban J connectivity index is 2.86. The Bertz CT molecular complexity index is 349. The third-order valence-electron chi connectivity index (χ3n) is 2.14. The van der Waals surface area contributed by atoms with Gasteiger partial charge in [0.15, 0.2) is 0 Å².